The van der Waals surface area contributed by atoms with Crippen molar-refractivity contribution in [2.75, 3.05) is 20.8 Å². The Kier molecular flexibility index (Phi) is 5.81. The molecule has 0 bridgehead atoms. The van der Waals surface area contributed by atoms with Crippen molar-refractivity contribution in [1.29, 1.82) is 0 Å². The molecule has 0 aliphatic heterocycles. The van der Waals surface area contributed by atoms with Crippen LogP contribution >= 0.6 is 0 Å². The Bertz CT molecular complexity index is 636. The molecule has 2 rings (SSSR count). The normalized spacial score (nSPS) is 19.0. The lowest BCUT2D eigenvalue weighted by atomic mass is 9.90. The number of methoxy groups -OCH3 is 2. The molecule has 0 spiro atoms. The summed E-state index contributed by atoms with van der Waals surface area (Å²) < 4.78 is 20.8. The van der Waals surface area contributed by atoms with Gasteiger partial charge in [-0.05, 0) is 18.9 Å². The summed E-state index contributed by atoms with van der Waals surface area (Å²) in [6.45, 7) is 3.72. The van der Waals surface area contributed by atoms with Crippen LogP contribution in [0.3, 0.4) is 0 Å². The maximum atomic E-state index is 12.1. The molecule has 0 atom stereocenters. The summed E-state index contributed by atoms with van der Waals surface area (Å²) in [7, 11) is 2.45. The lowest BCUT2D eigenvalue weighted by Crippen LogP contribution is -2.43. The monoisotopic (exact) mass is 335 g/mol. The summed E-state index contributed by atoms with van der Waals surface area (Å²) >= 11 is 0. The van der Waals surface area contributed by atoms with Gasteiger partial charge >= 0.3 is 11.9 Å². The van der Waals surface area contributed by atoms with Crippen LogP contribution in [0.5, 0.6) is 11.5 Å². The van der Waals surface area contributed by atoms with Gasteiger partial charge in [-0.2, -0.15) is 0 Å². The van der Waals surface area contributed by atoms with Gasteiger partial charge in [0.15, 0.2) is 0 Å². The van der Waals surface area contributed by atoms with E-state index in [2.05, 4.69) is 6.58 Å². The first-order valence-corrected chi connectivity index (χ1v) is 7.50. The number of carbonyl (C=O) groups is 2. The molecular weight excluding hydrogens is 314 g/mol. The van der Waals surface area contributed by atoms with Gasteiger partial charge in [0, 0.05) is 12.1 Å². The lowest BCUT2D eigenvalue weighted by Gasteiger charge is -2.32. The molecule has 0 aromatic heterocycles. The van der Waals surface area contributed by atoms with Crippen LogP contribution in [0.4, 0.5) is 0 Å². The van der Waals surface area contributed by atoms with Gasteiger partial charge in [0.25, 0.3) is 0 Å². The van der Waals surface area contributed by atoms with Crippen molar-refractivity contribution in [3.8, 4) is 11.5 Å². The van der Waals surface area contributed by atoms with Crippen LogP contribution in [0.2, 0.25) is 0 Å². The zero-order valence-electron chi connectivity index (χ0n) is 13.7. The molecule has 7 nitrogen and oxygen atoms in total. The molecule has 0 amide bonds. The molecule has 1 aliphatic rings. The molecule has 130 valence electrons. The average molecular weight is 335 g/mol. The highest BCUT2D eigenvalue weighted by molar-refractivity contribution is 6.05. The Labute approximate surface area is 140 Å². The van der Waals surface area contributed by atoms with Crippen molar-refractivity contribution in [3.05, 3.63) is 35.9 Å². The third kappa shape index (κ3) is 3.86. The Hall–Kier alpha value is -2.54. The lowest BCUT2D eigenvalue weighted by molar-refractivity contribution is 0.0549. The van der Waals surface area contributed by atoms with Crippen LogP contribution in [-0.2, 0) is 9.47 Å². The predicted molar refractivity (Wildman–Crippen MR) is 86.4 cm³/mol. The second-order valence-corrected chi connectivity index (χ2v) is 5.40. The van der Waals surface area contributed by atoms with E-state index in [0.717, 1.165) is 12.8 Å². The Morgan fingerprint density at radius 1 is 1.25 bits per heavy atom. The first-order chi connectivity index (χ1) is 11.5. The number of hydrogen-bond donors (Lipinski definition) is 1. The zero-order chi connectivity index (χ0) is 17.7. The largest absolute Gasteiger partial charge is 0.490 e. The van der Waals surface area contributed by atoms with Crippen molar-refractivity contribution in [2.24, 2.45) is 5.73 Å². The van der Waals surface area contributed by atoms with Crippen LogP contribution < -0.4 is 15.2 Å². The summed E-state index contributed by atoms with van der Waals surface area (Å²) in [6.07, 6.45) is 2.96. The van der Waals surface area contributed by atoms with Gasteiger partial charge < -0.3 is 24.7 Å². The maximum absolute atomic E-state index is 12.1. The van der Waals surface area contributed by atoms with Gasteiger partial charge in [0.05, 0.1) is 19.8 Å². The number of hydrogen-bond acceptors (Lipinski definition) is 7. The highest BCUT2D eigenvalue weighted by atomic mass is 16.5. The van der Waals surface area contributed by atoms with Gasteiger partial charge in [-0.25, -0.2) is 9.59 Å². The fraction of sp³-hybridized carbons (Fsp3) is 0.412. The first-order valence-electron chi connectivity index (χ1n) is 7.50. The molecule has 1 aromatic rings. The van der Waals surface area contributed by atoms with Gasteiger partial charge in [-0.15, -0.1) is 0 Å². The summed E-state index contributed by atoms with van der Waals surface area (Å²) in [6, 6.07) is 3.12. The minimum Gasteiger partial charge on any atom is -0.490 e. The van der Waals surface area contributed by atoms with Crippen molar-refractivity contribution in [3.63, 3.8) is 0 Å². The molecule has 0 heterocycles. The topological polar surface area (TPSA) is 97.1 Å². The predicted octanol–water partition coefficient (Wildman–Crippen LogP) is 1.69. The first kappa shape index (κ1) is 17.8. The minimum atomic E-state index is -0.702. The number of benzene rings is 1. The molecule has 7 heteroatoms. The third-order valence-corrected chi connectivity index (χ3v) is 3.66. The number of rotatable bonds is 7. The standard InChI is InChI=1S/C17H21NO6/c1-4-5-23-14-9-12(24-11-6-10(18)7-11)8-13(16(19)21-2)15(14)17(20)22-3/h4,8-11H,1,5-7,18H2,2-3H3. The van der Waals surface area contributed by atoms with Crippen molar-refractivity contribution in [2.45, 2.75) is 25.0 Å². The molecule has 2 N–H and O–H groups in total. The van der Waals surface area contributed by atoms with Crippen molar-refractivity contribution < 1.29 is 28.5 Å². The Balaban J connectivity index is 2.43. The van der Waals surface area contributed by atoms with Crippen LogP contribution in [0.1, 0.15) is 33.6 Å². The van der Waals surface area contributed by atoms with Gasteiger partial charge in [0.1, 0.15) is 29.8 Å². The van der Waals surface area contributed by atoms with E-state index >= 15 is 0 Å². The maximum Gasteiger partial charge on any atom is 0.342 e. The van der Waals surface area contributed by atoms with Gasteiger partial charge in [-0.1, -0.05) is 12.7 Å². The van der Waals surface area contributed by atoms with E-state index in [1.165, 1.54) is 26.4 Å². The van der Waals surface area contributed by atoms with Crippen molar-refractivity contribution >= 4 is 11.9 Å². The quantitative estimate of drug-likeness (QED) is 0.598. The molecule has 1 saturated carbocycles. The summed E-state index contributed by atoms with van der Waals surface area (Å²) in [5.41, 5.74) is 5.76. The van der Waals surface area contributed by atoms with Crippen LogP contribution in [0.25, 0.3) is 0 Å². The SMILES string of the molecule is C=CCOc1cc(OC2CC(N)C2)cc(C(=O)OC)c1C(=O)OC. The second-order valence-electron chi connectivity index (χ2n) is 5.40. The summed E-state index contributed by atoms with van der Waals surface area (Å²) in [5, 5.41) is 0. The molecule has 24 heavy (non-hydrogen) atoms. The number of esters is 2. The van der Waals surface area contributed by atoms with Crippen LogP contribution in [-0.4, -0.2) is 44.9 Å². The molecule has 1 fully saturated rings. The van der Waals surface area contributed by atoms with E-state index in [-0.39, 0.29) is 35.6 Å². The van der Waals surface area contributed by atoms with E-state index in [1.54, 1.807) is 6.07 Å². The molecular formula is C17H21NO6. The fourth-order valence-corrected chi connectivity index (χ4v) is 2.40. The Morgan fingerprint density at radius 3 is 2.46 bits per heavy atom. The Morgan fingerprint density at radius 2 is 1.92 bits per heavy atom. The average Bonchev–Trinajstić information content (AvgIpc) is 2.56. The van der Waals surface area contributed by atoms with E-state index in [4.69, 9.17) is 24.7 Å². The molecule has 0 radical (unpaired) electrons. The fourth-order valence-electron chi connectivity index (χ4n) is 2.40. The molecule has 0 saturated heterocycles. The van der Waals surface area contributed by atoms with E-state index < -0.39 is 11.9 Å². The van der Waals surface area contributed by atoms with E-state index in [1.807, 2.05) is 0 Å². The highest BCUT2D eigenvalue weighted by Crippen LogP contribution is 2.33. The molecule has 1 aliphatic carbocycles. The number of carbonyl (C=O) groups excluding carboxylic acids is 2. The number of ether oxygens (including phenoxy) is 4. The van der Waals surface area contributed by atoms with Gasteiger partial charge in [0.2, 0.25) is 0 Å². The van der Waals surface area contributed by atoms with Crippen LogP contribution in [0.15, 0.2) is 24.8 Å². The zero-order valence-corrected chi connectivity index (χ0v) is 13.7. The highest BCUT2D eigenvalue weighted by Gasteiger charge is 2.30. The van der Waals surface area contributed by atoms with Crippen LogP contribution in [0, 0.1) is 0 Å². The molecule has 0 unspecified atom stereocenters. The van der Waals surface area contributed by atoms with E-state index in [9.17, 15) is 9.59 Å². The second kappa shape index (κ2) is 7.83. The summed E-state index contributed by atoms with van der Waals surface area (Å²) in [4.78, 5) is 24.2. The summed E-state index contributed by atoms with van der Waals surface area (Å²) in [5.74, 6) is -0.816. The molecule has 1 aromatic carbocycles. The number of nitrogens with two attached hydrogens (primary N) is 1. The van der Waals surface area contributed by atoms with Crippen molar-refractivity contribution in [1.82, 2.24) is 0 Å². The third-order valence-electron chi connectivity index (χ3n) is 3.66. The minimum absolute atomic E-state index is 0.0103. The smallest absolute Gasteiger partial charge is 0.342 e. The van der Waals surface area contributed by atoms with Gasteiger partial charge in [-0.3, -0.25) is 0 Å². The van der Waals surface area contributed by atoms with E-state index in [0.29, 0.717) is 5.75 Å².